The third kappa shape index (κ3) is 4.95. The van der Waals surface area contributed by atoms with Crippen molar-refractivity contribution in [3.63, 3.8) is 0 Å². The van der Waals surface area contributed by atoms with Gasteiger partial charge in [0.15, 0.2) is 10.7 Å². The van der Waals surface area contributed by atoms with Crippen LogP contribution in [0.2, 0.25) is 0 Å². The number of anilines is 1. The van der Waals surface area contributed by atoms with Gasteiger partial charge in [-0.15, -0.1) is 0 Å². The Morgan fingerprint density at radius 1 is 1.14 bits per heavy atom. The molecule has 2 aromatic carbocycles. The van der Waals surface area contributed by atoms with Crippen LogP contribution in [0.1, 0.15) is 43.7 Å². The lowest BCUT2D eigenvalue weighted by Crippen LogP contribution is -2.33. The number of hydrogen-bond acceptors (Lipinski definition) is 4. The maximum Gasteiger partial charge on any atom is 0.227 e. The van der Waals surface area contributed by atoms with Gasteiger partial charge in [-0.25, -0.2) is 4.98 Å². The lowest BCUT2D eigenvalue weighted by atomic mass is 10.1. The molecule has 0 aliphatic heterocycles. The number of aromatic nitrogens is 1. The summed E-state index contributed by atoms with van der Waals surface area (Å²) in [6, 6.07) is 11.8. The van der Waals surface area contributed by atoms with Crippen LogP contribution in [0, 0.1) is 13.8 Å². The van der Waals surface area contributed by atoms with Gasteiger partial charge >= 0.3 is 0 Å². The number of nitrogens with one attached hydrogen (secondary N) is 2. The van der Waals surface area contributed by atoms with Gasteiger partial charge in [0.1, 0.15) is 5.52 Å². The van der Waals surface area contributed by atoms with Gasteiger partial charge in [-0.1, -0.05) is 37.5 Å². The maximum absolute atomic E-state index is 11.9. The van der Waals surface area contributed by atoms with E-state index in [1.54, 1.807) is 0 Å². The summed E-state index contributed by atoms with van der Waals surface area (Å²) in [5, 5.41) is 6.05. The van der Waals surface area contributed by atoms with Crippen LogP contribution >= 0.6 is 12.2 Å². The number of carbonyl (C=O) groups excluding carboxylic acids is 1. The Kier molecular flexibility index (Phi) is 6.41. The molecule has 146 valence electrons. The van der Waals surface area contributed by atoms with E-state index in [9.17, 15) is 4.79 Å². The van der Waals surface area contributed by atoms with Crippen LogP contribution in [0.5, 0.6) is 0 Å². The van der Waals surface area contributed by atoms with E-state index in [2.05, 4.69) is 35.5 Å². The van der Waals surface area contributed by atoms with Crippen molar-refractivity contribution in [3.05, 3.63) is 47.5 Å². The lowest BCUT2D eigenvalue weighted by Gasteiger charge is -2.09. The highest BCUT2D eigenvalue weighted by Gasteiger charge is 2.12. The summed E-state index contributed by atoms with van der Waals surface area (Å²) in [4.78, 5) is 16.5. The Morgan fingerprint density at radius 2 is 1.96 bits per heavy atom. The zero-order valence-electron chi connectivity index (χ0n) is 16.5. The van der Waals surface area contributed by atoms with Crippen molar-refractivity contribution in [2.45, 2.75) is 46.5 Å². The summed E-state index contributed by atoms with van der Waals surface area (Å²) in [5.74, 6) is 0.530. The van der Waals surface area contributed by atoms with Gasteiger partial charge in [0.25, 0.3) is 0 Å². The number of benzene rings is 2. The van der Waals surface area contributed by atoms with Gasteiger partial charge in [0.05, 0.1) is 0 Å². The molecule has 1 aromatic heterocycles. The number of hydrogen-bond donors (Lipinski definition) is 2. The second-order valence-electron chi connectivity index (χ2n) is 6.98. The fourth-order valence-corrected chi connectivity index (χ4v) is 3.29. The van der Waals surface area contributed by atoms with Crippen molar-refractivity contribution < 1.29 is 9.21 Å². The quantitative estimate of drug-likeness (QED) is 0.426. The molecule has 0 aliphatic rings. The molecule has 0 aliphatic carbocycles. The van der Waals surface area contributed by atoms with Gasteiger partial charge in [0.2, 0.25) is 11.8 Å². The molecule has 0 bridgehead atoms. The Bertz CT molecular complexity index is 1010. The summed E-state index contributed by atoms with van der Waals surface area (Å²) in [5.41, 5.74) is 5.50. The first-order valence-corrected chi connectivity index (χ1v) is 9.96. The fraction of sp³-hybridized carbons (Fsp3) is 0.318. The zero-order chi connectivity index (χ0) is 20.1. The van der Waals surface area contributed by atoms with Crippen molar-refractivity contribution in [2.75, 3.05) is 5.32 Å². The van der Waals surface area contributed by atoms with Gasteiger partial charge in [-0.2, -0.15) is 0 Å². The van der Waals surface area contributed by atoms with E-state index in [0.29, 0.717) is 23.0 Å². The van der Waals surface area contributed by atoms with Gasteiger partial charge in [-0.05, 0) is 62.3 Å². The van der Waals surface area contributed by atoms with Crippen molar-refractivity contribution in [2.24, 2.45) is 0 Å². The van der Waals surface area contributed by atoms with Crippen molar-refractivity contribution >= 4 is 40.0 Å². The predicted molar refractivity (Wildman–Crippen MR) is 117 cm³/mol. The number of carbonyl (C=O) groups is 1. The Hall–Kier alpha value is -2.73. The number of rotatable bonds is 6. The van der Waals surface area contributed by atoms with Crippen molar-refractivity contribution in [3.8, 4) is 11.5 Å². The number of oxazole rings is 1. The van der Waals surface area contributed by atoms with Gasteiger partial charge in [0, 0.05) is 17.7 Å². The Morgan fingerprint density at radius 3 is 2.71 bits per heavy atom. The molecule has 0 saturated heterocycles. The highest BCUT2D eigenvalue weighted by Crippen LogP contribution is 2.28. The third-order valence-corrected chi connectivity index (χ3v) is 4.72. The van der Waals surface area contributed by atoms with Crippen LogP contribution in [0.25, 0.3) is 22.6 Å². The van der Waals surface area contributed by atoms with Crippen molar-refractivity contribution in [1.29, 1.82) is 0 Å². The van der Waals surface area contributed by atoms with Crippen LogP contribution in [-0.4, -0.2) is 16.0 Å². The third-order valence-electron chi connectivity index (χ3n) is 4.52. The average molecular weight is 396 g/mol. The molecule has 0 spiro atoms. The summed E-state index contributed by atoms with van der Waals surface area (Å²) in [7, 11) is 0. The minimum Gasteiger partial charge on any atom is -0.436 e. The average Bonchev–Trinajstić information content (AvgIpc) is 3.04. The normalized spacial score (nSPS) is 10.8. The van der Waals surface area contributed by atoms with Gasteiger partial charge < -0.3 is 15.1 Å². The number of amides is 1. The molecule has 1 heterocycles. The number of aryl methyl sites for hydroxylation is 2. The van der Waals surface area contributed by atoms with E-state index in [1.165, 1.54) is 5.56 Å². The monoisotopic (exact) mass is 395 g/mol. The summed E-state index contributed by atoms with van der Waals surface area (Å²) in [6.07, 6.45) is 3.48. The molecule has 0 saturated carbocycles. The summed E-state index contributed by atoms with van der Waals surface area (Å²) in [6.45, 7) is 6.22. The minimum absolute atomic E-state index is 0.0643. The second-order valence-corrected chi connectivity index (χ2v) is 7.39. The Labute approximate surface area is 170 Å². The number of unbranched alkanes of at least 4 members (excludes halogenated alkanes) is 2. The number of nitrogens with zero attached hydrogens (tertiary/aromatic N) is 1. The molecular formula is C22H25N3O2S. The van der Waals surface area contributed by atoms with Crippen molar-refractivity contribution in [1.82, 2.24) is 10.3 Å². The predicted octanol–water partition coefficient (Wildman–Crippen LogP) is 5.50. The largest absolute Gasteiger partial charge is 0.436 e. The van der Waals surface area contributed by atoms with E-state index in [4.69, 9.17) is 16.6 Å². The van der Waals surface area contributed by atoms with E-state index in [-0.39, 0.29) is 5.91 Å². The van der Waals surface area contributed by atoms with E-state index >= 15 is 0 Å². The first-order chi connectivity index (χ1) is 13.5. The molecule has 0 atom stereocenters. The molecule has 0 unspecified atom stereocenters. The smallest absolute Gasteiger partial charge is 0.227 e. The molecule has 3 rings (SSSR count). The van der Waals surface area contributed by atoms with E-state index < -0.39 is 0 Å². The highest BCUT2D eigenvalue weighted by atomic mass is 32.1. The first-order valence-electron chi connectivity index (χ1n) is 9.55. The molecule has 6 heteroatoms. The van der Waals surface area contributed by atoms with Crippen LogP contribution in [-0.2, 0) is 4.79 Å². The van der Waals surface area contributed by atoms with Gasteiger partial charge in [-0.3, -0.25) is 4.79 Å². The Balaban J connectivity index is 1.70. The van der Waals surface area contributed by atoms with Crippen LogP contribution < -0.4 is 10.6 Å². The minimum atomic E-state index is -0.0643. The molecule has 0 fully saturated rings. The molecule has 2 N–H and O–H groups in total. The summed E-state index contributed by atoms with van der Waals surface area (Å²) < 4.78 is 5.91. The molecule has 5 nitrogen and oxygen atoms in total. The fourth-order valence-electron chi connectivity index (χ4n) is 3.06. The van der Waals surface area contributed by atoms with Crippen LogP contribution in [0.15, 0.2) is 40.8 Å². The van der Waals surface area contributed by atoms with E-state index in [0.717, 1.165) is 41.6 Å². The number of thiocarbonyl (C=S) groups is 1. The topological polar surface area (TPSA) is 67.2 Å². The standard InChI is InChI=1S/C22H25N3O2S/c1-4-5-6-7-20(26)25-22(28)23-16-9-11-19-18(13-16)24-21(27-19)17-10-8-14(2)12-15(17)3/h8-13H,4-7H2,1-3H3,(H2,23,25,26,28). The number of fused-ring (bicyclic) bond motifs is 1. The summed E-state index contributed by atoms with van der Waals surface area (Å²) >= 11 is 5.24. The second kappa shape index (κ2) is 8.97. The van der Waals surface area contributed by atoms with Crippen LogP contribution in [0.3, 0.4) is 0 Å². The molecule has 3 aromatic rings. The SMILES string of the molecule is CCCCCC(=O)NC(=S)Nc1ccc2oc(-c3ccc(C)cc3C)nc2c1. The molecular weight excluding hydrogens is 370 g/mol. The maximum atomic E-state index is 11.9. The van der Waals surface area contributed by atoms with Crippen LogP contribution in [0.4, 0.5) is 5.69 Å². The molecule has 0 radical (unpaired) electrons. The molecule has 1 amide bonds. The zero-order valence-corrected chi connectivity index (χ0v) is 17.3. The highest BCUT2D eigenvalue weighted by molar-refractivity contribution is 7.80. The first kappa shape index (κ1) is 20.0. The lowest BCUT2D eigenvalue weighted by molar-refractivity contribution is -0.119. The van der Waals surface area contributed by atoms with E-state index in [1.807, 2.05) is 37.3 Å². The molecule has 28 heavy (non-hydrogen) atoms.